The van der Waals surface area contributed by atoms with Crippen LogP contribution in [0.3, 0.4) is 0 Å². The molecule has 2 aliphatic rings. The Morgan fingerprint density at radius 3 is 2.65 bits per heavy atom. The maximum absolute atomic E-state index is 13.9. The summed E-state index contributed by atoms with van der Waals surface area (Å²) in [6.07, 6.45) is 1.70. The predicted molar refractivity (Wildman–Crippen MR) is 68.0 cm³/mol. The van der Waals surface area contributed by atoms with Gasteiger partial charge in [-0.3, -0.25) is 14.5 Å². The fourth-order valence-electron chi connectivity index (χ4n) is 2.71. The molecule has 1 aromatic carbocycles. The van der Waals surface area contributed by atoms with Gasteiger partial charge in [0.2, 0.25) is 5.91 Å². The normalized spacial score (nSPS) is 26.6. The zero-order valence-corrected chi connectivity index (χ0v) is 11.0. The first-order valence-corrected chi connectivity index (χ1v) is 6.50. The van der Waals surface area contributed by atoms with Gasteiger partial charge in [-0.2, -0.15) is 0 Å². The molecule has 1 aliphatic carbocycles. The minimum Gasteiger partial charge on any atom is -0.340 e. The van der Waals surface area contributed by atoms with Gasteiger partial charge in [0.15, 0.2) is 11.6 Å². The lowest BCUT2D eigenvalue weighted by atomic mass is 9.91. The number of amides is 2. The second-order valence-corrected chi connectivity index (χ2v) is 5.49. The van der Waals surface area contributed by atoms with Crippen LogP contribution in [0.25, 0.3) is 0 Å². The number of carbonyl (C=O) groups is 2. The minimum atomic E-state index is -1.10. The molecule has 1 N–H and O–H groups in total. The summed E-state index contributed by atoms with van der Waals surface area (Å²) in [5, 5.41) is 2.69. The molecule has 4 nitrogen and oxygen atoms in total. The van der Waals surface area contributed by atoms with E-state index < -0.39 is 17.2 Å². The van der Waals surface area contributed by atoms with E-state index in [1.54, 1.807) is 6.92 Å². The number of benzene rings is 1. The van der Waals surface area contributed by atoms with E-state index in [-0.39, 0.29) is 30.0 Å². The summed E-state index contributed by atoms with van der Waals surface area (Å²) >= 11 is 0. The lowest BCUT2D eigenvalue weighted by Crippen LogP contribution is -2.66. The number of rotatable bonds is 2. The maximum Gasteiger partial charge on any atom is 0.253 e. The summed E-state index contributed by atoms with van der Waals surface area (Å²) in [5.41, 5.74) is -1.20. The molecule has 106 valence electrons. The third-order valence-corrected chi connectivity index (χ3v) is 4.01. The molecule has 1 aromatic rings. The van der Waals surface area contributed by atoms with E-state index >= 15 is 0 Å². The van der Waals surface area contributed by atoms with Crippen LogP contribution in [-0.4, -0.2) is 23.9 Å². The number of piperazine rings is 1. The Morgan fingerprint density at radius 2 is 2.00 bits per heavy atom. The van der Waals surface area contributed by atoms with E-state index in [4.69, 9.17) is 0 Å². The molecular weight excluding hydrogens is 266 g/mol. The number of nitrogens with zero attached hydrogens (tertiary/aromatic N) is 1. The Labute approximate surface area is 114 Å². The Morgan fingerprint density at radius 1 is 1.30 bits per heavy atom. The summed E-state index contributed by atoms with van der Waals surface area (Å²) in [6.45, 7) is 1.36. The van der Waals surface area contributed by atoms with Crippen LogP contribution in [0, 0.1) is 17.6 Å². The van der Waals surface area contributed by atoms with E-state index in [2.05, 4.69) is 5.32 Å². The van der Waals surface area contributed by atoms with Crippen LogP contribution in [0.4, 0.5) is 14.5 Å². The highest BCUT2D eigenvalue weighted by Crippen LogP contribution is 2.42. The van der Waals surface area contributed by atoms with Crippen molar-refractivity contribution >= 4 is 17.5 Å². The summed E-state index contributed by atoms with van der Waals surface area (Å²) < 4.78 is 27.2. The van der Waals surface area contributed by atoms with Crippen LogP contribution in [-0.2, 0) is 9.59 Å². The zero-order chi connectivity index (χ0) is 14.5. The van der Waals surface area contributed by atoms with E-state index in [1.807, 2.05) is 0 Å². The third kappa shape index (κ3) is 1.87. The Bertz CT molecular complexity index is 601. The van der Waals surface area contributed by atoms with Crippen LogP contribution >= 0.6 is 0 Å². The SMILES string of the molecule is CC1(C2CC2)NC(=O)CN(c2cccc(F)c2F)C1=O. The first-order valence-electron chi connectivity index (χ1n) is 6.50. The van der Waals surface area contributed by atoms with Crippen molar-refractivity contribution in [1.82, 2.24) is 5.32 Å². The standard InChI is InChI=1S/C14H14F2N2O2/c1-14(8-5-6-8)13(20)18(7-11(19)17-14)10-4-2-3-9(15)12(10)16/h2-4,8H,5-7H2,1H3,(H,17,19). The molecule has 0 bridgehead atoms. The van der Waals surface area contributed by atoms with Crippen molar-refractivity contribution in [3.63, 3.8) is 0 Å². The summed E-state index contributed by atoms with van der Waals surface area (Å²) in [5.74, 6) is -2.81. The lowest BCUT2D eigenvalue weighted by Gasteiger charge is -2.40. The molecule has 0 radical (unpaired) electrons. The quantitative estimate of drug-likeness (QED) is 0.894. The van der Waals surface area contributed by atoms with Gasteiger partial charge < -0.3 is 5.32 Å². The average Bonchev–Trinajstić information content (AvgIpc) is 3.22. The first-order chi connectivity index (χ1) is 9.43. The largest absolute Gasteiger partial charge is 0.340 e. The number of nitrogens with one attached hydrogen (secondary N) is 1. The van der Waals surface area contributed by atoms with Gasteiger partial charge in [-0.25, -0.2) is 8.78 Å². The Balaban J connectivity index is 2.02. The van der Waals surface area contributed by atoms with Gasteiger partial charge in [-0.15, -0.1) is 0 Å². The van der Waals surface area contributed by atoms with Crippen LogP contribution < -0.4 is 10.2 Å². The molecule has 0 aromatic heterocycles. The smallest absolute Gasteiger partial charge is 0.253 e. The molecule has 6 heteroatoms. The number of anilines is 1. The monoisotopic (exact) mass is 280 g/mol. The molecule has 1 aliphatic heterocycles. The molecule has 1 unspecified atom stereocenters. The summed E-state index contributed by atoms with van der Waals surface area (Å²) in [4.78, 5) is 25.4. The number of carbonyl (C=O) groups excluding carboxylic acids is 2. The average molecular weight is 280 g/mol. The molecule has 20 heavy (non-hydrogen) atoms. The van der Waals surface area contributed by atoms with Gasteiger partial charge in [0.05, 0.1) is 5.69 Å². The molecule has 1 heterocycles. The van der Waals surface area contributed by atoms with Gasteiger partial charge in [0, 0.05) is 0 Å². The van der Waals surface area contributed by atoms with E-state index in [1.165, 1.54) is 12.1 Å². The molecule has 1 atom stereocenters. The number of halogens is 2. The summed E-state index contributed by atoms with van der Waals surface area (Å²) in [6, 6.07) is 3.61. The van der Waals surface area contributed by atoms with Crippen molar-refractivity contribution in [3.8, 4) is 0 Å². The van der Waals surface area contributed by atoms with Crippen molar-refractivity contribution in [2.75, 3.05) is 11.4 Å². The molecule has 1 saturated heterocycles. The molecular formula is C14H14F2N2O2. The van der Waals surface area contributed by atoms with Crippen molar-refractivity contribution < 1.29 is 18.4 Å². The zero-order valence-electron chi connectivity index (χ0n) is 11.0. The van der Waals surface area contributed by atoms with Crippen LogP contribution in [0.1, 0.15) is 19.8 Å². The highest BCUT2D eigenvalue weighted by molar-refractivity contribution is 6.09. The van der Waals surface area contributed by atoms with Gasteiger partial charge >= 0.3 is 0 Å². The van der Waals surface area contributed by atoms with Crippen molar-refractivity contribution in [3.05, 3.63) is 29.8 Å². The number of hydrogen-bond donors (Lipinski definition) is 1. The van der Waals surface area contributed by atoms with E-state index in [0.717, 1.165) is 23.8 Å². The van der Waals surface area contributed by atoms with Gasteiger partial charge in [0.25, 0.3) is 5.91 Å². The second-order valence-electron chi connectivity index (χ2n) is 5.49. The van der Waals surface area contributed by atoms with Crippen molar-refractivity contribution in [2.24, 2.45) is 5.92 Å². The van der Waals surface area contributed by atoms with Gasteiger partial charge in [-0.05, 0) is 37.8 Å². The van der Waals surface area contributed by atoms with Crippen LogP contribution in [0.2, 0.25) is 0 Å². The lowest BCUT2D eigenvalue weighted by molar-refractivity contribution is -0.136. The van der Waals surface area contributed by atoms with Gasteiger partial charge in [-0.1, -0.05) is 6.07 Å². The maximum atomic E-state index is 13.9. The summed E-state index contributed by atoms with van der Waals surface area (Å²) in [7, 11) is 0. The minimum absolute atomic E-state index is 0.0679. The molecule has 3 rings (SSSR count). The molecule has 0 spiro atoms. The predicted octanol–water partition coefficient (Wildman–Crippen LogP) is 1.60. The highest BCUT2D eigenvalue weighted by Gasteiger charge is 2.53. The third-order valence-electron chi connectivity index (χ3n) is 4.01. The van der Waals surface area contributed by atoms with E-state index in [9.17, 15) is 18.4 Å². The van der Waals surface area contributed by atoms with Crippen molar-refractivity contribution in [1.29, 1.82) is 0 Å². The van der Waals surface area contributed by atoms with Crippen LogP contribution in [0.5, 0.6) is 0 Å². The first kappa shape index (κ1) is 13.0. The highest BCUT2D eigenvalue weighted by atomic mass is 19.2. The van der Waals surface area contributed by atoms with Gasteiger partial charge in [0.1, 0.15) is 12.1 Å². The fraction of sp³-hybridized carbons (Fsp3) is 0.429. The molecule has 1 saturated carbocycles. The van der Waals surface area contributed by atoms with Crippen LogP contribution in [0.15, 0.2) is 18.2 Å². The molecule has 2 fully saturated rings. The fourth-order valence-corrected chi connectivity index (χ4v) is 2.71. The van der Waals surface area contributed by atoms with Crippen molar-refractivity contribution in [2.45, 2.75) is 25.3 Å². The van der Waals surface area contributed by atoms with E-state index in [0.29, 0.717) is 0 Å². The molecule has 2 amide bonds. The Hall–Kier alpha value is -1.98. The Kier molecular flexibility index (Phi) is 2.77. The topological polar surface area (TPSA) is 49.4 Å². The number of hydrogen-bond acceptors (Lipinski definition) is 2. The second kappa shape index (κ2) is 4.26.